The van der Waals surface area contributed by atoms with Gasteiger partial charge >= 0.3 is 0 Å². The first-order valence-electron chi connectivity index (χ1n) is 10.7. The summed E-state index contributed by atoms with van der Waals surface area (Å²) in [5.74, 6) is 0.648. The van der Waals surface area contributed by atoms with Gasteiger partial charge in [-0.3, -0.25) is 9.69 Å². The van der Waals surface area contributed by atoms with Crippen LogP contribution < -0.4 is 5.32 Å². The quantitative estimate of drug-likeness (QED) is 0.717. The number of ether oxygens (including phenoxy) is 1. The summed E-state index contributed by atoms with van der Waals surface area (Å²) in [6, 6.07) is 6.35. The molecule has 4 heterocycles. The van der Waals surface area contributed by atoms with Gasteiger partial charge in [0.25, 0.3) is 5.91 Å². The minimum absolute atomic E-state index is 0.0240. The molecule has 1 amide bonds. The summed E-state index contributed by atoms with van der Waals surface area (Å²) >= 11 is 8.33. The number of anilines is 1. The smallest absolute Gasteiger partial charge is 0.255 e. The van der Waals surface area contributed by atoms with Crippen molar-refractivity contribution in [2.45, 2.75) is 32.2 Å². The van der Waals surface area contributed by atoms with Gasteiger partial charge in [-0.1, -0.05) is 11.6 Å². The highest BCUT2D eigenvalue weighted by Crippen LogP contribution is 2.30. The number of piperidine rings is 1. The van der Waals surface area contributed by atoms with Crippen LogP contribution in [0.4, 0.5) is 5.82 Å². The molecule has 4 rings (SSSR count). The van der Waals surface area contributed by atoms with Crippen molar-refractivity contribution < 1.29 is 9.53 Å². The Morgan fingerprint density at radius 2 is 2.00 bits per heavy atom. The molecule has 0 aromatic carbocycles. The molecule has 2 fully saturated rings. The molecule has 2 aliphatic heterocycles. The number of carbonyl (C=O) groups is 1. The second-order valence-corrected chi connectivity index (χ2v) is 9.63. The zero-order valence-electron chi connectivity index (χ0n) is 17.4. The number of thiophene rings is 1. The van der Waals surface area contributed by atoms with Gasteiger partial charge in [0, 0.05) is 48.7 Å². The van der Waals surface area contributed by atoms with Crippen molar-refractivity contribution in [1.29, 1.82) is 0 Å². The van der Waals surface area contributed by atoms with Gasteiger partial charge < -0.3 is 15.0 Å². The summed E-state index contributed by atoms with van der Waals surface area (Å²) in [5.41, 5.74) is 0.561. The van der Waals surface area contributed by atoms with Gasteiger partial charge in [0.05, 0.1) is 29.8 Å². The van der Waals surface area contributed by atoms with Crippen LogP contribution in [0, 0.1) is 6.92 Å². The molecule has 30 heavy (non-hydrogen) atoms. The van der Waals surface area contributed by atoms with Crippen molar-refractivity contribution in [3.05, 3.63) is 44.7 Å². The number of halogens is 1. The summed E-state index contributed by atoms with van der Waals surface area (Å²) < 4.78 is 5.53. The van der Waals surface area contributed by atoms with Gasteiger partial charge in [-0.2, -0.15) is 0 Å². The van der Waals surface area contributed by atoms with Crippen molar-refractivity contribution >= 4 is 34.7 Å². The van der Waals surface area contributed by atoms with E-state index in [0.717, 1.165) is 52.2 Å². The number of hydrogen-bond acceptors (Lipinski definition) is 6. The van der Waals surface area contributed by atoms with Crippen molar-refractivity contribution in [1.82, 2.24) is 14.8 Å². The van der Waals surface area contributed by atoms with E-state index in [1.54, 1.807) is 12.3 Å². The molecular formula is C22H29ClN4O2S. The topological polar surface area (TPSA) is 57.7 Å². The third-order valence-corrected chi connectivity index (χ3v) is 7.16. The molecule has 1 N–H and O–H groups in total. The second kappa shape index (κ2) is 10.1. The average molecular weight is 449 g/mol. The van der Waals surface area contributed by atoms with E-state index in [0.29, 0.717) is 22.9 Å². The molecule has 1 unspecified atom stereocenters. The number of aromatic nitrogens is 1. The summed E-state index contributed by atoms with van der Waals surface area (Å²) in [6.07, 6.45) is 4.97. The van der Waals surface area contributed by atoms with Gasteiger partial charge in [0.15, 0.2) is 0 Å². The third-order valence-electron chi connectivity index (χ3n) is 5.77. The molecule has 0 bridgehead atoms. The molecule has 2 saturated heterocycles. The Kier molecular flexibility index (Phi) is 7.25. The number of pyridine rings is 1. The molecule has 2 aromatic heterocycles. The van der Waals surface area contributed by atoms with Gasteiger partial charge in [-0.05, 0) is 44.4 Å². The number of hydrogen-bond donors (Lipinski definition) is 1. The maximum Gasteiger partial charge on any atom is 0.255 e. The lowest BCUT2D eigenvalue weighted by molar-refractivity contribution is 0.0194. The van der Waals surface area contributed by atoms with E-state index in [2.05, 4.69) is 34.3 Å². The van der Waals surface area contributed by atoms with Crippen LogP contribution in [-0.4, -0.2) is 66.6 Å². The van der Waals surface area contributed by atoms with Crippen LogP contribution in [0.15, 0.2) is 24.4 Å². The molecule has 8 heteroatoms. The second-order valence-electron chi connectivity index (χ2n) is 7.90. The van der Waals surface area contributed by atoms with Gasteiger partial charge in [0.2, 0.25) is 0 Å². The predicted molar refractivity (Wildman–Crippen MR) is 122 cm³/mol. The predicted octanol–water partition coefficient (Wildman–Crippen LogP) is 4.22. The average Bonchev–Trinajstić information content (AvgIpc) is 3.21. The summed E-state index contributed by atoms with van der Waals surface area (Å²) in [7, 11) is 0. The number of aryl methyl sites for hydroxylation is 1. The van der Waals surface area contributed by atoms with E-state index in [1.807, 2.05) is 16.2 Å². The van der Waals surface area contributed by atoms with Crippen LogP contribution in [0.5, 0.6) is 0 Å². The monoisotopic (exact) mass is 448 g/mol. The van der Waals surface area contributed by atoms with Crippen molar-refractivity contribution in [2.24, 2.45) is 0 Å². The number of rotatable bonds is 6. The summed E-state index contributed by atoms with van der Waals surface area (Å²) in [6.45, 7) is 7.80. The van der Waals surface area contributed by atoms with Gasteiger partial charge in [-0.25, -0.2) is 4.98 Å². The fourth-order valence-corrected chi connectivity index (χ4v) is 5.33. The zero-order valence-corrected chi connectivity index (χ0v) is 19.0. The van der Waals surface area contributed by atoms with E-state index >= 15 is 0 Å². The highest BCUT2D eigenvalue weighted by atomic mass is 35.5. The number of nitrogens with one attached hydrogen (secondary N) is 1. The van der Waals surface area contributed by atoms with Crippen LogP contribution >= 0.6 is 22.9 Å². The van der Waals surface area contributed by atoms with Crippen molar-refractivity contribution in [2.75, 3.05) is 51.3 Å². The number of amides is 1. The SMILES string of the molecule is Cc1ccc(C(CNc2ncc(C(=O)N3CCCCC3)cc2Cl)N2CCOCC2)s1. The van der Waals surface area contributed by atoms with E-state index in [-0.39, 0.29) is 11.9 Å². The first-order valence-corrected chi connectivity index (χ1v) is 11.9. The van der Waals surface area contributed by atoms with E-state index < -0.39 is 0 Å². The van der Waals surface area contributed by atoms with E-state index in [1.165, 1.54) is 16.2 Å². The van der Waals surface area contributed by atoms with Crippen LogP contribution in [0.2, 0.25) is 5.02 Å². The number of likely N-dealkylation sites (tertiary alicyclic amines) is 1. The lowest BCUT2D eigenvalue weighted by atomic mass is 10.1. The molecule has 2 aliphatic rings. The molecule has 0 spiro atoms. The largest absolute Gasteiger partial charge is 0.379 e. The fourth-order valence-electron chi connectivity index (χ4n) is 4.09. The summed E-state index contributed by atoms with van der Waals surface area (Å²) in [4.78, 5) is 24.2. The molecule has 0 radical (unpaired) electrons. The van der Waals surface area contributed by atoms with Crippen LogP contribution in [0.25, 0.3) is 0 Å². The Bertz CT molecular complexity index is 863. The maximum atomic E-state index is 12.7. The number of morpholine rings is 1. The van der Waals surface area contributed by atoms with E-state index in [4.69, 9.17) is 16.3 Å². The standard InChI is InChI=1S/C22H29ClN4O2S/c1-16-5-6-20(30-16)19(26-9-11-29-12-10-26)15-25-21-18(23)13-17(14-24-21)22(28)27-7-3-2-4-8-27/h5-6,13-14,19H,2-4,7-12,15H2,1H3,(H,24,25). The molecule has 6 nitrogen and oxygen atoms in total. The highest BCUT2D eigenvalue weighted by Gasteiger charge is 2.25. The van der Waals surface area contributed by atoms with Gasteiger partial charge in [-0.15, -0.1) is 11.3 Å². The van der Waals surface area contributed by atoms with Gasteiger partial charge in [0.1, 0.15) is 5.82 Å². The first-order chi connectivity index (χ1) is 14.6. The first kappa shape index (κ1) is 21.6. The molecule has 0 saturated carbocycles. The van der Waals surface area contributed by atoms with Crippen molar-refractivity contribution in [3.8, 4) is 0 Å². The molecular weight excluding hydrogens is 420 g/mol. The van der Waals surface area contributed by atoms with Crippen molar-refractivity contribution in [3.63, 3.8) is 0 Å². The van der Waals surface area contributed by atoms with Crippen LogP contribution in [0.3, 0.4) is 0 Å². The molecule has 1 atom stereocenters. The normalized spacial score (nSPS) is 18.9. The molecule has 2 aromatic rings. The zero-order chi connectivity index (χ0) is 20.9. The Labute approximate surface area is 187 Å². The minimum Gasteiger partial charge on any atom is -0.379 e. The lowest BCUT2D eigenvalue weighted by Gasteiger charge is -2.34. The fraction of sp³-hybridized carbons (Fsp3) is 0.545. The maximum absolute atomic E-state index is 12.7. The summed E-state index contributed by atoms with van der Waals surface area (Å²) in [5, 5.41) is 3.91. The molecule has 0 aliphatic carbocycles. The number of nitrogens with zero attached hydrogens (tertiary/aromatic N) is 3. The minimum atomic E-state index is 0.0240. The van der Waals surface area contributed by atoms with Crippen LogP contribution in [-0.2, 0) is 4.74 Å². The highest BCUT2D eigenvalue weighted by molar-refractivity contribution is 7.12. The lowest BCUT2D eigenvalue weighted by Crippen LogP contribution is -2.41. The third kappa shape index (κ3) is 5.14. The van der Waals surface area contributed by atoms with E-state index in [9.17, 15) is 4.79 Å². The van der Waals surface area contributed by atoms with Crippen LogP contribution in [0.1, 0.15) is 45.4 Å². The Hall–Kier alpha value is -1.67. The molecule has 162 valence electrons. The Morgan fingerprint density at radius 3 is 2.67 bits per heavy atom. The number of carbonyl (C=O) groups excluding carboxylic acids is 1. The Morgan fingerprint density at radius 1 is 1.23 bits per heavy atom. The Balaban J connectivity index is 1.44.